The van der Waals surface area contributed by atoms with Crippen molar-refractivity contribution >= 4 is 24.0 Å². The first-order valence-electron chi connectivity index (χ1n) is 5.41. The third kappa shape index (κ3) is 2.22. The Morgan fingerprint density at radius 3 is 3.11 bits per heavy atom. The largest absolute Gasteiger partial charge is 0.318 e. The molecule has 1 aliphatic heterocycles. The van der Waals surface area contributed by atoms with Gasteiger partial charge in [-0.25, -0.2) is 0 Å². The van der Waals surface area contributed by atoms with Crippen LogP contribution in [0.4, 0.5) is 5.69 Å². The molecule has 0 aromatic carbocycles. The number of fused-ring (bicyclic) bond motifs is 1. The van der Waals surface area contributed by atoms with Crippen molar-refractivity contribution in [1.82, 2.24) is 25.7 Å². The van der Waals surface area contributed by atoms with E-state index in [4.69, 9.17) is 0 Å². The molecule has 7 nitrogen and oxygen atoms in total. The van der Waals surface area contributed by atoms with Crippen LogP contribution in [0.2, 0.25) is 0 Å². The van der Waals surface area contributed by atoms with E-state index in [1.54, 1.807) is 12.4 Å². The van der Waals surface area contributed by atoms with E-state index in [9.17, 15) is 4.79 Å². The zero-order valence-corrected chi connectivity index (χ0v) is 10.3. The summed E-state index contributed by atoms with van der Waals surface area (Å²) in [5.74, 6) is -0.215. The fourth-order valence-electron chi connectivity index (χ4n) is 1.92. The average Bonchev–Trinajstić information content (AvgIpc) is 2.96. The highest BCUT2D eigenvalue weighted by Crippen LogP contribution is 2.16. The van der Waals surface area contributed by atoms with Gasteiger partial charge in [-0.3, -0.25) is 15.0 Å². The molecule has 96 valence electrons. The van der Waals surface area contributed by atoms with Crippen LogP contribution in [0.25, 0.3) is 0 Å². The standard InChI is InChI=1S/C10H12N6O.ClH/c17-10(14-6-3-12-13-4-6)9-7-5-11-2-1-8(7)15-16-9;/h3-4,11H,1-2,5H2,(H,12,13)(H,14,17)(H,15,16);1H. The number of anilines is 1. The monoisotopic (exact) mass is 268 g/mol. The number of nitrogens with one attached hydrogen (secondary N) is 4. The number of H-pyrrole nitrogens is 2. The molecular formula is C10H13ClN6O. The number of hydrogen-bond donors (Lipinski definition) is 4. The smallest absolute Gasteiger partial charge is 0.276 e. The molecule has 2 aromatic rings. The van der Waals surface area contributed by atoms with E-state index < -0.39 is 0 Å². The molecule has 0 saturated heterocycles. The van der Waals surface area contributed by atoms with Crippen LogP contribution in [0.15, 0.2) is 12.4 Å². The summed E-state index contributed by atoms with van der Waals surface area (Å²) in [4.78, 5) is 12.0. The summed E-state index contributed by atoms with van der Waals surface area (Å²) < 4.78 is 0. The Labute approximate surface area is 109 Å². The van der Waals surface area contributed by atoms with Gasteiger partial charge in [-0.15, -0.1) is 12.4 Å². The molecule has 0 saturated carbocycles. The lowest BCUT2D eigenvalue weighted by Gasteiger charge is -2.12. The van der Waals surface area contributed by atoms with Crippen molar-refractivity contribution in [2.45, 2.75) is 13.0 Å². The molecule has 18 heavy (non-hydrogen) atoms. The van der Waals surface area contributed by atoms with E-state index in [-0.39, 0.29) is 18.3 Å². The van der Waals surface area contributed by atoms with Crippen molar-refractivity contribution in [3.05, 3.63) is 29.3 Å². The van der Waals surface area contributed by atoms with Crippen LogP contribution in [-0.4, -0.2) is 32.8 Å². The number of hydrogen-bond acceptors (Lipinski definition) is 4. The second-order valence-electron chi connectivity index (χ2n) is 3.90. The van der Waals surface area contributed by atoms with Gasteiger partial charge >= 0.3 is 0 Å². The molecule has 1 aliphatic rings. The maximum Gasteiger partial charge on any atom is 0.276 e. The summed E-state index contributed by atoms with van der Waals surface area (Å²) in [6, 6.07) is 0. The summed E-state index contributed by atoms with van der Waals surface area (Å²) in [5, 5.41) is 19.3. The lowest BCUT2D eigenvalue weighted by molar-refractivity contribution is 0.102. The average molecular weight is 269 g/mol. The molecule has 2 aromatic heterocycles. The summed E-state index contributed by atoms with van der Waals surface area (Å²) in [6.07, 6.45) is 4.05. The fraction of sp³-hybridized carbons (Fsp3) is 0.300. The quantitative estimate of drug-likeness (QED) is 0.636. The molecule has 0 spiro atoms. The van der Waals surface area contributed by atoms with Crippen molar-refractivity contribution in [3.63, 3.8) is 0 Å². The molecule has 0 aliphatic carbocycles. The first-order chi connectivity index (χ1) is 8.34. The van der Waals surface area contributed by atoms with Gasteiger partial charge in [0.25, 0.3) is 5.91 Å². The van der Waals surface area contributed by atoms with E-state index in [1.165, 1.54) is 0 Å². The van der Waals surface area contributed by atoms with Gasteiger partial charge < -0.3 is 10.6 Å². The summed E-state index contributed by atoms with van der Waals surface area (Å²) >= 11 is 0. The molecule has 0 bridgehead atoms. The number of carbonyl (C=O) groups is 1. The van der Waals surface area contributed by atoms with Crippen molar-refractivity contribution in [2.24, 2.45) is 0 Å². The molecule has 8 heteroatoms. The molecule has 0 unspecified atom stereocenters. The normalized spacial score (nSPS) is 13.6. The Morgan fingerprint density at radius 1 is 1.44 bits per heavy atom. The van der Waals surface area contributed by atoms with Crippen LogP contribution in [0, 0.1) is 0 Å². The Hall–Kier alpha value is -1.86. The molecule has 3 heterocycles. The summed E-state index contributed by atoms with van der Waals surface area (Å²) in [5.41, 5.74) is 3.09. The maximum absolute atomic E-state index is 12.0. The molecule has 3 rings (SSSR count). The zero-order valence-electron chi connectivity index (χ0n) is 9.49. The van der Waals surface area contributed by atoms with Gasteiger partial charge in [0.05, 0.1) is 11.9 Å². The first-order valence-corrected chi connectivity index (χ1v) is 5.41. The second kappa shape index (κ2) is 5.19. The van der Waals surface area contributed by atoms with Crippen LogP contribution in [0.1, 0.15) is 21.7 Å². The van der Waals surface area contributed by atoms with Crippen LogP contribution < -0.4 is 10.6 Å². The Morgan fingerprint density at radius 2 is 2.33 bits per heavy atom. The van der Waals surface area contributed by atoms with E-state index in [1.807, 2.05) is 0 Å². The van der Waals surface area contributed by atoms with Crippen molar-refractivity contribution in [2.75, 3.05) is 11.9 Å². The van der Waals surface area contributed by atoms with Gasteiger partial charge in [0, 0.05) is 37.0 Å². The van der Waals surface area contributed by atoms with E-state index in [2.05, 4.69) is 31.0 Å². The molecular weight excluding hydrogens is 256 g/mol. The van der Waals surface area contributed by atoms with Gasteiger partial charge in [-0.2, -0.15) is 10.2 Å². The van der Waals surface area contributed by atoms with Gasteiger partial charge in [0.1, 0.15) is 0 Å². The summed E-state index contributed by atoms with van der Waals surface area (Å²) in [7, 11) is 0. The predicted molar refractivity (Wildman–Crippen MR) is 67.8 cm³/mol. The van der Waals surface area contributed by atoms with E-state index >= 15 is 0 Å². The Bertz CT molecular complexity index is 535. The highest BCUT2D eigenvalue weighted by molar-refractivity contribution is 6.03. The van der Waals surface area contributed by atoms with E-state index in [0.717, 1.165) is 24.2 Å². The number of halogens is 1. The first kappa shape index (κ1) is 12.6. The topological polar surface area (TPSA) is 98.5 Å². The molecule has 0 fully saturated rings. The number of aromatic nitrogens is 4. The molecule has 0 atom stereocenters. The number of nitrogens with zero attached hydrogens (tertiary/aromatic N) is 2. The van der Waals surface area contributed by atoms with Gasteiger partial charge in [-0.05, 0) is 0 Å². The van der Waals surface area contributed by atoms with Crippen LogP contribution in [0.3, 0.4) is 0 Å². The number of aromatic amines is 2. The number of amides is 1. The van der Waals surface area contributed by atoms with Gasteiger partial charge in [0.2, 0.25) is 0 Å². The number of rotatable bonds is 2. The highest BCUT2D eigenvalue weighted by atomic mass is 35.5. The van der Waals surface area contributed by atoms with E-state index in [0.29, 0.717) is 17.9 Å². The third-order valence-electron chi connectivity index (χ3n) is 2.78. The summed E-state index contributed by atoms with van der Waals surface area (Å²) in [6.45, 7) is 1.60. The maximum atomic E-state index is 12.0. The molecule has 4 N–H and O–H groups in total. The minimum Gasteiger partial charge on any atom is -0.318 e. The lowest BCUT2D eigenvalue weighted by atomic mass is 10.1. The minimum absolute atomic E-state index is 0. The lowest BCUT2D eigenvalue weighted by Crippen LogP contribution is -2.25. The minimum atomic E-state index is -0.215. The number of carbonyl (C=O) groups excluding carboxylic acids is 1. The Kier molecular flexibility index (Phi) is 3.63. The third-order valence-corrected chi connectivity index (χ3v) is 2.78. The predicted octanol–water partition coefficient (Wildman–Crippen LogP) is 0.453. The zero-order chi connectivity index (χ0) is 11.7. The van der Waals surface area contributed by atoms with Crippen molar-refractivity contribution in [1.29, 1.82) is 0 Å². The SMILES string of the molecule is Cl.O=C(Nc1cn[nH]c1)c1n[nH]c2c1CNCC2. The van der Waals surface area contributed by atoms with Crippen LogP contribution in [0.5, 0.6) is 0 Å². The van der Waals surface area contributed by atoms with Gasteiger partial charge in [0.15, 0.2) is 5.69 Å². The van der Waals surface area contributed by atoms with Crippen LogP contribution >= 0.6 is 12.4 Å². The Balaban J connectivity index is 0.00000120. The van der Waals surface area contributed by atoms with Crippen molar-refractivity contribution < 1.29 is 4.79 Å². The molecule has 1 amide bonds. The van der Waals surface area contributed by atoms with Gasteiger partial charge in [-0.1, -0.05) is 0 Å². The second-order valence-corrected chi connectivity index (χ2v) is 3.90. The highest BCUT2D eigenvalue weighted by Gasteiger charge is 2.21. The van der Waals surface area contributed by atoms with Crippen LogP contribution in [-0.2, 0) is 13.0 Å². The fourth-order valence-corrected chi connectivity index (χ4v) is 1.92. The molecule has 0 radical (unpaired) electrons. The van der Waals surface area contributed by atoms with Crippen molar-refractivity contribution in [3.8, 4) is 0 Å².